The largest absolute Gasteiger partial charge is 0.477 e. The molecular weight excluding hydrogens is 323 g/mol. The SMILES string of the molecule is Cc1nc(SCc2ccccc2C(F)(F)F)sc1C(=O)O. The zero-order valence-electron chi connectivity index (χ0n) is 10.8. The molecule has 21 heavy (non-hydrogen) atoms. The smallest absolute Gasteiger partial charge is 0.416 e. The van der Waals surface area contributed by atoms with Gasteiger partial charge in [0.1, 0.15) is 4.88 Å². The van der Waals surface area contributed by atoms with E-state index in [9.17, 15) is 18.0 Å². The second kappa shape index (κ2) is 6.07. The molecule has 1 aromatic carbocycles. The van der Waals surface area contributed by atoms with E-state index in [1.54, 1.807) is 13.0 Å². The second-order valence-corrected chi connectivity index (χ2v) is 6.36. The summed E-state index contributed by atoms with van der Waals surface area (Å²) in [7, 11) is 0. The number of benzene rings is 1. The fourth-order valence-corrected chi connectivity index (χ4v) is 3.73. The van der Waals surface area contributed by atoms with Gasteiger partial charge in [0.15, 0.2) is 4.34 Å². The Morgan fingerprint density at radius 3 is 2.62 bits per heavy atom. The number of aromatic nitrogens is 1. The van der Waals surface area contributed by atoms with Crippen molar-refractivity contribution in [3.8, 4) is 0 Å². The Kier molecular flexibility index (Phi) is 4.58. The minimum absolute atomic E-state index is 0.0850. The van der Waals surface area contributed by atoms with Crippen LogP contribution in [0, 0.1) is 6.92 Å². The Labute approximate surface area is 126 Å². The van der Waals surface area contributed by atoms with Gasteiger partial charge >= 0.3 is 12.1 Å². The number of hydrogen-bond acceptors (Lipinski definition) is 4. The van der Waals surface area contributed by atoms with Crippen LogP contribution in [-0.4, -0.2) is 16.1 Å². The molecule has 112 valence electrons. The number of thiazole rings is 1. The van der Waals surface area contributed by atoms with E-state index >= 15 is 0 Å². The molecule has 0 atom stereocenters. The van der Waals surface area contributed by atoms with E-state index in [-0.39, 0.29) is 16.2 Å². The van der Waals surface area contributed by atoms with Crippen molar-refractivity contribution in [3.63, 3.8) is 0 Å². The Morgan fingerprint density at radius 2 is 2.05 bits per heavy atom. The van der Waals surface area contributed by atoms with Gasteiger partial charge in [-0.05, 0) is 18.6 Å². The molecule has 8 heteroatoms. The lowest BCUT2D eigenvalue weighted by Crippen LogP contribution is -2.08. The molecule has 0 amide bonds. The van der Waals surface area contributed by atoms with Crippen molar-refractivity contribution in [2.75, 3.05) is 0 Å². The number of hydrogen-bond donors (Lipinski definition) is 1. The second-order valence-electron chi connectivity index (χ2n) is 4.14. The summed E-state index contributed by atoms with van der Waals surface area (Å²) in [5.41, 5.74) is -0.150. The first-order valence-corrected chi connectivity index (χ1v) is 7.58. The molecule has 2 aromatic rings. The molecule has 0 aliphatic heterocycles. The van der Waals surface area contributed by atoms with Crippen molar-refractivity contribution < 1.29 is 23.1 Å². The van der Waals surface area contributed by atoms with Gasteiger partial charge in [-0.25, -0.2) is 9.78 Å². The van der Waals surface area contributed by atoms with Crippen LogP contribution < -0.4 is 0 Å². The molecular formula is C13H10F3NO2S2. The van der Waals surface area contributed by atoms with Gasteiger partial charge < -0.3 is 5.11 Å². The lowest BCUT2D eigenvalue weighted by Gasteiger charge is -2.11. The summed E-state index contributed by atoms with van der Waals surface area (Å²) in [4.78, 5) is 15.1. The van der Waals surface area contributed by atoms with E-state index in [0.29, 0.717) is 10.0 Å². The third kappa shape index (κ3) is 3.76. The Balaban J connectivity index is 2.18. The predicted molar refractivity (Wildman–Crippen MR) is 74.8 cm³/mol. The lowest BCUT2D eigenvalue weighted by atomic mass is 10.1. The van der Waals surface area contributed by atoms with Gasteiger partial charge in [0, 0.05) is 5.75 Å². The molecule has 0 unspecified atom stereocenters. The van der Waals surface area contributed by atoms with Gasteiger partial charge in [-0.3, -0.25) is 0 Å². The number of thioether (sulfide) groups is 1. The topological polar surface area (TPSA) is 50.2 Å². The first kappa shape index (κ1) is 15.8. The minimum Gasteiger partial charge on any atom is -0.477 e. The van der Waals surface area contributed by atoms with Crippen molar-refractivity contribution in [3.05, 3.63) is 46.0 Å². The van der Waals surface area contributed by atoms with Crippen LogP contribution in [0.15, 0.2) is 28.6 Å². The van der Waals surface area contributed by atoms with Crippen LogP contribution >= 0.6 is 23.1 Å². The lowest BCUT2D eigenvalue weighted by molar-refractivity contribution is -0.138. The maximum Gasteiger partial charge on any atom is 0.416 e. The molecule has 1 heterocycles. The van der Waals surface area contributed by atoms with Crippen LogP contribution in [0.2, 0.25) is 0 Å². The average Bonchev–Trinajstić information content (AvgIpc) is 2.77. The van der Waals surface area contributed by atoms with E-state index in [0.717, 1.165) is 29.2 Å². The van der Waals surface area contributed by atoms with Crippen molar-refractivity contribution in [1.82, 2.24) is 4.98 Å². The fraction of sp³-hybridized carbons (Fsp3) is 0.231. The van der Waals surface area contributed by atoms with Gasteiger partial charge in [0.2, 0.25) is 0 Å². The zero-order valence-corrected chi connectivity index (χ0v) is 12.4. The Bertz CT molecular complexity index is 668. The maximum atomic E-state index is 12.8. The van der Waals surface area contributed by atoms with E-state index < -0.39 is 17.7 Å². The van der Waals surface area contributed by atoms with Crippen molar-refractivity contribution in [1.29, 1.82) is 0 Å². The third-order valence-electron chi connectivity index (χ3n) is 2.65. The highest BCUT2D eigenvalue weighted by Gasteiger charge is 2.32. The van der Waals surface area contributed by atoms with Crippen LogP contribution in [0.5, 0.6) is 0 Å². The molecule has 0 fully saturated rings. The van der Waals surface area contributed by atoms with Crippen molar-refractivity contribution in [2.24, 2.45) is 0 Å². The Morgan fingerprint density at radius 1 is 1.38 bits per heavy atom. The minimum atomic E-state index is -4.40. The summed E-state index contributed by atoms with van der Waals surface area (Å²) >= 11 is 2.07. The molecule has 0 radical (unpaired) electrons. The molecule has 0 spiro atoms. The van der Waals surface area contributed by atoms with E-state index in [2.05, 4.69) is 4.98 Å². The summed E-state index contributed by atoms with van der Waals surface area (Å²) in [5, 5.41) is 8.93. The number of carboxylic acids is 1. The van der Waals surface area contributed by atoms with Gasteiger partial charge in [-0.15, -0.1) is 11.3 Å². The van der Waals surface area contributed by atoms with Gasteiger partial charge in [0.25, 0.3) is 0 Å². The number of nitrogens with zero attached hydrogens (tertiary/aromatic N) is 1. The van der Waals surface area contributed by atoms with E-state index in [1.807, 2.05) is 0 Å². The average molecular weight is 333 g/mol. The van der Waals surface area contributed by atoms with Crippen LogP contribution in [0.3, 0.4) is 0 Å². The monoisotopic (exact) mass is 333 g/mol. The Hall–Kier alpha value is -1.54. The molecule has 0 saturated carbocycles. The first-order chi connectivity index (χ1) is 9.79. The number of alkyl halides is 3. The highest BCUT2D eigenvalue weighted by Crippen LogP contribution is 2.36. The molecule has 0 bridgehead atoms. The van der Waals surface area contributed by atoms with Crippen LogP contribution in [0.4, 0.5) is 13.2 Å². The summed E-state index contributed by atoms with van der Waals surface area (Å²) < 4.78 is 39.0. The molecule has 1 aromatic heterocycles. The van der Waals surface area contributed by atoms with Crippen LogP contribution in [-0.2, 0) is 11.9 Å². The van der Waals surface area contributed by atoms with E-state index in [1.165, 1.54) is 12.1 Å². The maximum absolute atomic E-state index is 12.8. The molecule has 2 rings (SSSR count). The standard InChI is InChI=1S/C13H10F3NO2S2/c1-7-10(11(18)19)21-12(17-7)20-6-8-4-2-3-5-9(8)13(14,15)16/h2-5H,6H2,1H3,(H,18,19). The number of carbonyl (C=O) groups is 1. The summed E-state index contributed by atoms with van der Waals surface area (Å²) in [6, 6.07) is 5.33. The first-order valence-electron chi connectivity index (χ1n) is 5.77. The number of carboxylic acid groups (broad SMARTS) is 1. The van der Waals surface area contributed by atoms with Crippen molar-refractivity contribution in [2.45, 2.75) is 23.2 Å². The molecule has 1 N–H and O–H groups in total. The highest BCUT2D eigenvalue weighted by molar-refractivity contribution is 8.00. The summed E-state index contributed by atoms with van der Waals surface area (Å²) in [5.74, 6) is -0.991. The zero-order chi connectivity index (χ0) is 15.6. The number of rotatable bonds is 4. The highest BCUT2D eigenvalue weighted by atomic mass is 32.2. The summed E-state index contributed by atoms with van der Waals surface area (Å²) in [6.07, 6.45) is -4.40. The summed E-state index contributed by atoms with van der Waals surface area (Å²) in [6.45, 7) is 1.56. The number of halogens is 3. The van der Waals surface area contributed by atoms with E-state index in [4.69, 9.17) is 5.11 Å². The van der Waals surface area contributed by atoms with Gasteiger partial charge in [0.05, 0.1) is 11.3 Å². The van der Waals surface area contributed by atoms with Gasteiger partial charge in [-0.2, -0.15) is 13.2 Å². The fourth-order valence-electron chi connectivity index (χ4n) is 1.69. The predicted octanol–water partition coefficient (Wildman–Crippen LogP) is 4.46. The molecule has 0 aliphatic rings. The molecule has 0 aliphatic carbocycles. The van der Waals surface area contributed by atoms with Crippen LogP contribution in [0.1, 0.15) is 26.5 Å². The van der Waals surface area contributed by atoms with Crippen molar-refractivity contribution >= 4 is 29.1 Å². The quantitative estimate of drug-likeness (QED) is 0.839. The van der Waals surface area contributed by atoms with Crippen LogP contribution in [0.25, 0.3) is 0 Å². The molecule has 0 saturated heterocycles. The number of aryl methyl sites for hydroxylation is 1. The van der Waals surface area contributed by atoms with Gasteiger partial charge in [-0.1, -0.05) is 30.0 Å². The third-order valence-corrected chi connectivity index (χ3v) is 4.98. The normalized spacial score (nSPS) is 11.6. The molecule has 3 nitrogen and oxygen atoms in total. The number of aromatic carboxylic acids is 1.